The van der Waals surface area contributed by atoms with Gasteiger partial charge < -0.3 is 4.42 Å². The van der Waals surface area contributed by atoms with Gasteiger partial charge in [0.25, 0.3) is 11.6 Å². The number of halogens is 2. The SMILES string of the molecule is O=C1/C(=C/c2ccc(-c3ccc([N+](=O)[O-])cc3Cl)o2)SC(=S)N1c1cccc(Cl)c1. The number of benzene rings is 2. The largest absolute Gasteiger partial charge is 0.457 e. The highest BCUT2D eigenvalue weighted by atomic mass is 35.5. The number of rotatable bonds is 4. The van der Waals surface area contributed by atoms with Gasteiger partial charge in [-0.2, -0.15) is 0 Å². The molecule has 1 aliphatic heterocycles. The zero-order valence-electron chi connectivity index (χ0n) is 14.9. The Balaban J connectivity index is 1.61. The predicted molar refractivity (Wildman–Crippen MR) is 123 cm³/mol. The van der Waals surface area contributed by atoms with Crippen molar-refractivity contribution in [3.05, 3.63) is 85.4 Å². The first kappa shape index (κ1) is 20.6. The van der Waals surface area contributed by atoms with Crippen molar-refractivity contribution in [3.8, 4) is 11.3 Å². The third-order valence-electron chi connectivity index (χ3n) is 4.19. The Kier molecular flexibility index (Phi) is 5.66. The summed E-state index contributed by atoms with van der Waals surface area (Å²) in [5.74, 6) is 0.566. The van der Waals surface area contributed by atoms with Crippen LogP contribution in [0.15, 0.2) is 63.9 Å². The van der Waals surface area contributed by atoms with Crippen LogP contribution in [-0.2, 0) is 4.79 Å². The van der Waals surface area contributed by atoms with Crippen molar-refractivity contribution in [2.45, 2.75) is 0 Å². The molecule has 1 aliphatic rings. The monoisotopic (exact) mass is 476 g/mol. The highest BCUT2D eigenvalue weighted by Crippen LogP contribution is 2.38. The van der Waals surface area contributed by atoms with E-state index in [4.69, 9.17) is 39.8 Å². The number of thiocarbonyl (C=S) groups is 1. The second kappa shape index (κ2) is 8.23. The molecule has 0 atom stereocenters. The van der Waals surface area contributed by atoms with Gasteiger partial charge in [0.2, 0.25) is 0 Å². The Morgan fingerprint density at radius 1 is 1.13 bits per heavy atom. The quantitative estimate of drug-likeness (QED) is 0.183. The lowest BCUT2D eigenvalue weighted by Crippen LogP contribution is -2.27. The van der Waals surface area contributed by atoms with Crippen LogP contribution in [0.5, 0.6) is 0 Å². The van der Waals surface area contributed by atoms with Crippen molar-refractivity contribution < 1.29 is 14.1 Å². The fourth-order valence-corrected chi connectivity index (χ4v) is 4.56. The smallest absolute Gasteiger partial charge is 0.270 e. The Morgan fingerprint density at radius 2 is 1.93 bits per heavy atom. The van der Waals surface area contributed by atoms with Gasteiger partial charge in [0.05, 0.1) is 20.5 Å². The van der Waals surface area contributed by atoms with E-state index in [9.17, 15) is 14.9 Å². The number of carbonyl (C=O) groups excluding carboxylic acids is 1. The summed E-state index contributed by atoms with van der Waals surface area (Å²) < 4.78 is 6.16. The molecule has 0 radical (unpaired) electrons. The van der Waals surface area contributed by atoms with Gasteiger partial charge in [0, 0.05) is 28.8 Å². The molecule has 0 bridgehead atoms. The molecule has 10 heteroatoms. The summed E-state index contributed by atoms with van der Waals surface area (Å²) in [6.07, 6.45) is 1.59. The van der Waals surface area contributed by atoms with Crippen LogP contribution in [0.4, 0.5) is 11.4 Å². The number of non-ortho nitro benzene ring substituents is 1. The number of hydrogen-bond acceptors (Lipinski definition) is 6. The number of nitrogens with zero attached hydrogens (tertiary/aromatic N) is 2. The number of nitro groups is 1. The maximum absolute atomic E-state index is 12.8. The van der Waals surface area contributed by atoms with Crippen LogP contribution in [0.1, 0.15) is 5.76 Å². The second-order valence-corrected chi connectivity index (χ2v) is 8.64. The second-order valence-electron chi connectivity index (χ2n) is 6.12. The lowest BCUT2D eigenvalue weighted by Gasteiger charge is -2.14. The maximum atomic E-state index is 12.8. The van der Waals surface area contributed by atoms with Gasteiger partial charge in [0.15, 0.2) is 4.32 Å². The van der Waals surface area contributed by atoms with Gasteiger partial charge in [-0.25, -0.2) is 0 Å². The average molecular weight is 477 g/mol. The van der Waals surface area contributed by atoms with Gasteiger partial charge in [-0.1, -0.05) is 53.2 Å². The first-order valence-electron chi connectivity index (χ1n) is 8.41. The minimum Gasteiger partial charge on any atom is -0.457 e. The van der Waals surface area contributed by atoms with E-state index in [-0.39, 0.29) is 16.6 Å². The molecule has 1 aromatic heterocycles. The molecule has 4 rings (SSSR count). The van der Waals surface area contributed by atoms with Crippen molar-refractivity contribution >= 4 is 74.9 Å². The fourth-order valence-electron chi connectivity index (χ4n) is 2.83. The summed E-state index contributed by atoms with van der Waals surface area (Å²) in [7, 11) is 0. The van der Waals surface area contributed by atoms with Gasteiger partial charge in [-0.3, -0.25) is 19.8 Å². The lowest BCUT2D eigenvalue weighted by molar-refractivity contribution is -0.384. The molecule has 0 saturated carbocycles. The molecule has 0 N–H and O–H groups in total. The number of amides is 1. The highest BCUT2D eigenvalue weighted by molar-refractivity contribution is 8.27. The number of furan rings is 1. The van der Waals surface area contributed by atoms with Crippen LogP contribution >= 0.6 is 47.2 Å². The molecular formula is C20H10Cl2N2O4S2. The molecule has 6 nitrogen and oxygen atoms in total. The zero-order valence-corrected chi connectivity index (χ0v) is 18.0. The van der Waals surface area contributed by atoms with Gasteiger partial charge in [-0.05, 0) is 36.4 Å². The number of nitro benzene ring substituents is 1. The van der Waals surface area contributed by atoms with Crippen LogP contribution in [0.25, 0.3) is 17.4 Å². The number of thioether (sulfide) groups is 1. The topological polar surface area (TPSA) is 76.6 Å². The van der Waals surface area contributed by atoms with Gasteiger partial charge in [0.1, 0.15) is 11.5 Å². The minimum atomic E-state index is -0.523. The molecule has 2 aromatic carbocycles. The van der Waals surface area contributed by atoms with E-state index < -0.39 is 4.92 Å². The Labute approximate surface area is 190 Å². The van der Waals surface area contributed by atoms with Crippen molar-refractivity contribution in [3.63, 3.8) is 0 Å². The molecule has 30 heavy (non-hydrogen) atoms. The van der Waals surface area contributed by atoms with Crippen LogP contribution in [0.3, 0.4) is 0 Å². The van der Waals surface area contributed by atoms with Crippen molar-refractivity contribution in [1.82, 2.24) is 0 Å². The summed E-state index contributed by atoms with van der Waals surface area (Å²) in [6, 6.07) is 14.4. The third-order valence-corrected chi connectivity index (χ3v) is 6.04. The van der Waals surface area contributed by atoms with E-state index >= 15 is 0 Å². The van der Waals surface area contributed by atoms with E-state index in [2.05, 4.69) is 0 Å². The van der Waals surface area contributed by atoms with Crippen LogP contribution in [0.2, 0.25) is 10.0 Å². The number of anilines is 1. The van der Waals surface area contributed by atoms with E-state index in [0.29, 0.717) is 37.0 Å². The summed E-state index contributed by atoms with van der Waals surface area (Å²) >= 11 is 18.7. The third kappa shape index (κ3) is 3.99. The summed E-state index contributed by atoms with van der Waals surface area (Å²) in [6.45, 7) is 0. The molecule has 0 aliphatic carbocycles. The molecule has 1 fully saturated rings. The molecular weight excluding hydrogens is 467 g/mol. The number of carbonyl (C=O) groups is 1. The molecule has 1 amide bonds. The minimum absolute atomic E-state index is 0.111. The Morgan fingerprint density at radius 3 is 2.63 bits per heavy atom. The Bertz CT molecular complexity index is 1240. The van der Waals surface area contributed by atoms with Crippen LogP contribution in [-0.4, -0.2) is 15.2 Å². The Hall–Kier alpha value is -2.65. The normalized spacial score (nSPS) is 15.3. The summed E-state index contributed by atoms with van der Waals surface area (Å²) in [4.78, 5) is 25.0. The zero-order chi connectivity index (χ0) is 21.4. The van der Waals surface area contributed by atoms with E-state index in [1.165, 1.54) is 23.1 Å². The fraction of sp³-hybridized carbons (Fsp3) is 0. The highest BCUT2D eigenvalue weighted by Gasteiger charge is 2.33. The first-order valence-corrected chi connectivity index (χ1v) is 10.4. The first-order chi connectivity index (χ1) is 14.3. The molecule has 0 unspecified atom stereocenters. The van der Waals surface area contributed by atoms with E-state index in [0.717, 1.165) is 11.8 Å². The molecule has 3 aromatic rings. The summed E-state index contributed by atoms with van der Waals surface area (Å²) in [5, 5.41) is 11.6. The van der Waals surface area contributed by atoms with E-state index in [1.807, 2.05) is 0 Å². The van der Waals surface area contributed by atoms with Crippen molar-refractivity contribution in [2.24, 2.45) is 0 Å². The molecule has 1 saturated heterocycles. The standard InChI is InChI=1S/C20H10Cl2N2O4S2/c21-11-2-1-3-12(8-11)23-19(25)18(30-20(23)29)10-14-5-7-17(28-14)15-6-4-13(24(26)27)9-16(15)22/h1-10H/b18-10-. The maximum Gasteiger partial charge on any atom is 0.270 e. The summed E-state index contributed by atoms with van der Waals surface area (Å²) in [5.41, 5.74) is 0.986. The van der Waals surface area contributed by atoms with Crippen LogP contribution < -0.4 is 4.90 Å². The van der Waals surface area contributed by atoms with Gasteiger partial charge >= 0.3 is 0 Å². The molecule has 0 spiro atoms. The molecule has 2 heterocycles. The predicted octanol–water partition coefficient (Wildman–Crippen LogP) is 6.57. The van der Waals surface area contributed by atoms with E-state index in [1.54, 1.807) is 42.5 Å². The average Bonchev–Trinajstić information content (AvgIpc) is 3.26. The van der Waals surface area contributed by atoms with Crippen LogP contribution in [0, 0.1) is 10.1 Å². The number of hydrogen-bond donors (Lipinski definition) is 0. The lowest BCUT2D eigenvalue weighted by atomic mass is 10.1. The van der Waals surface area contributed by atoms with Gasteiger partial charge in [-0.15, -0.1) is 0 Å². The molecule has 150 valence electrons. The van der Waals surface area contributed by atoms with Crippen molar-refractivity contribution in [2.75, 3.05) is 4.90 Å². The van der Waals surface area contributed by atoms with Crippen molar-refractivity contribution in [1.29, 1.82) is 0 Å².